The second-order valence-corrected chi connectivity index (χ2v) is 5.14. The summed E-state index contributed by atoms with van der Waals surface area (Å²) in [6, 6.07) is 0. The van der Waals surface area contributed by atoms with Gasteiger partial charge in [-0.05, 0) is 37.2 Å². The third-order valence-corrected chi connectivity index (χ3v) is 3.26. The molecule has 0 heterocycles. The van der Waals surface area contributed by atoms with Gasteiger partial charge in [-0.25, -0.2) is 9.59 Å². The summed E-state index contributed by atoms with van der Waals surface area (Å²) in [5.41, 5.74) is 0. The number of thioether (sulfide) groups is 1. The number of rotatable bonds is 14. The molecule has 0 aliphatic carbocycles. The molecule has 0 aromatic heterocycles. The van der Waals surface area contributed by atoms with Crippen LogP contribution in [0, 0.1) is 0 Å². The van der Waals surface area contributed by atoms with E-state index in [0.29, 0.717) is 13.2 Å². The molecule has 6 nitrogen and oxygen atoms in total. The van der Waals surface area contributed by atoms with Crippen molar-refractivity contribution < 1.29 is 29.3 Å². The van der Waals surface area contributed by atoms with Crippen LogP contribution in [0.4, 0.5) is 0 Å². The van der Waals surface area contributed by atoms with Crippen molar-refractivity contribution in [1.82, 2.24) is 0 Å². The van der Waals surface area contributed by atoms with Gasteiger partial charge in [0.1, 0.15) is 13.2 Å². The number of carbonyl (C=O) groups is 2. The maximum atomic E-state index is 10.1. The van der Waals surface area contributed by atoms with Crippen LogP contribution in [-0.4, -0.2) is 60.1 Å². The molecule has 0 unspecified atom stereocenters. The highest BCUT2D eigenvalue weighted by atomic mass is 32.2. The van der Waals surface area contributed by atoms with Gasteiger partial charge in [-0.1, -0.05) is 0 Å². The molecule has 0 amide bonds. The summed E-state index contributed by atoms with van der Waals surface area (Å²) in [5, 5.41) is 16.7. The van der Waals surface area contributed by atoms with E-state index in [0.717, 1.165) is 37.2 Å². The topological polar surface area (TPSA) is 93.1 Å². The third kappa shape index (κ3) is 17.2. The zero-order valence-corrected chi connectivity index (χ0v) is 11.8. The summed E-state index contributed by atoms with van der Waals surface area (Å²) in [6.07, 6.45) is 3.78. The lowest BCUT2D eigenvalue weighted by molar-refractivity contribution is -0.143. The number of aliphatic carboxylic acids is 2. The Hall–Kier alpha value is -0.790. The molecule has 0 spiro atoms. The second kappa shape index (κ2) is 13.6. The lowest BCUT2D eigenvalue weighted by Gasteiger charge is -2.03. The van der Waals surface area contributed by atoms with Gasteiger partial charge in [0.05, 0.1) is 0 Å². The monoisotopic (exact) mass is 294 g/mol. The maximum Gasteiger partial charge on any atom is 0.329 e. The van der Waals surface area contributed by atoms with Crippen molar-refractivity contribution in [3.63, 3.8) is 0 Å². The molecule has 0 bridgehead atoms. The summed E-state index contributed by atoms with van der Waals surface area (Å²) < 4.78 is 9.83. The van der Waals surface area contributed by atoms with E-state index in [1.165, 1.54) is 0 Å². The highest BCUT2D eigenvalue weighted by molar-refractivity contribution is 7.99. The molecule has 0 saturated carbocycles. The standard InChI is InChI=1S/C12H22O6S/c13-11(14)9-17-5-1-3-7-19-8-4-2-6-18-10-12(15)16/h1-10H2,(H,13,14)(H,15,16). The van der Waals surface area contributed by atoms with E-state index >= 15 is 0 Å². The lowest BCUT2D eigenvalue weighted by Crippen LogP contribution is -2.08. The number of hydrogen-bond donors (Lipinski definition) is 2. The summed E-state index contributed by atoms with van der Waals surface area (Å²) >= 11 is 1.84. The fraction of sp³-hybridized carbons (Fsp3) is 0.833. The van der Waals surface area contributed by atoms with Crippen LogP contribution in [0.1, 0.15) is 25.7 Å². The van der Waals surface area contributed by atoms with Crippen LogP contribution in [0.3, 0.4) is 0 Å². The van der Waals surface area contributed by atoms with E-state index in [-0.39, 0.29) is 13.2 Å². The SMILES string of the molecule is O=C(O)COCCCCSCCCCOCC(=O)O. The van der Waals surface area contributed by atoms with Crippen LogP contribution in [0.25, 0.3) is 0 Å². The predicted molar refractivity (Wildman–Crippen MR) is 72.7 cm³/mol. The molecule has 0 saturated heterocycles. The molecule has 0 atom stereocenters. The minimum atomic E-state index is -0.931. The Morgan fingerprint density at radius 3 is 1.58 bits per heavy atom. The van der Waals surface area contributed by atoms with Crippen molar-refractivity contribution in [2.24, 2.45) is 0 Å². The number of carboxylic acid groups (broad SMARTS) is 2. The van der Waals surface area contributed by atoms with Crippen molar-refractivity contribution in [3.8, 4) is 0 Å². The molecule has 7 heteroatoms. The van der Waals surface area contributed by atoms with E-state index in [9.17, 15) is 9.59 Å². The highest BCUT2D eigenvalue weighted by Gasteiger charge is 1.97. The molecule has 0 fully saturated rings. The van der Waals surface area contributed by atoms with Gasteiger partial charge in [-0.15, -0.1) is 0 Å². The first kappa shape index (κ1) is 18.2. The van der Waals surface area contributed by atoms with Crippen LogP contribution in [0.2, 0.25) is 0 Å². The highest BCUT2D eigenvalue weighted by Crippen LogP contribution is 2.08. The van der Waals surface area contributed by atoms with Crippen molar-refractivity contribution in [1.29, 1.82) is 0 Å². The Bertz CT molecular complexity index is 222. The van der Waals surface area contributed by atoms with Gasteiger partial charge in [0, 0.05) is 13.2 Å². The molecule has 0 radical (unpaired) electrons. The molecule has 112 valence electrons. The Morgan fingerprint density at radius 1 is 0.789 bits per heavy atom. The summed E-state index contributed by atoms with van der Waals surface area (Å²) in [4.78, 5) is 20.3. The largest absolute Gasteiger partial charge is 0.480 e. The molecule has 0 aromatic carbocycles. The third-order valence-electron chi connectivity index (χ3n) is 2.11. The molecule has 0 aliphatic heterocycles. The summed E-state index contributed by atoms with van der Waals surface area (Å²) in [6.45, 7) is 0.554. The first-order valence-corrected chi connectivity index (χ1v) is 7.45. The first-order valence-electron chi connectivity index (χ1n) is 6.29. The summed E-state index contributed by atoms with van der Waals surface area (Å²) in [7, 11) is 0. The molecular formula is C12H22O6S. The first-order chi connectivity index (χ1) is 9.13. The van der Waals surface area contributed by atoms with Crippen LogP contribution in [-0.2, 0) is 19.1 Å². The number of carboxylic acids is 2. The quantitative estimate of drug-likeness (QED) is 0.469. The van der Waals surface area contributed by atoms with Crippen molar-refractivity contribution in [2.75, 3.05) is 37.9 Å². The normalized spacial score (nSPS) is 10.5. The predicted octanol–water partition coefficient (Wildman–Crippen LogP) is 1.48. The zero-order valence-electron chi connectivity index (χ0n) is 11.0. The number of unbranched alkanes of at least 4 members (excludes halogenated alkanes) is 2. The molecule has 19 heavy (non-hydrogen) atoms. The second-order valence-electron chi connectivity index (χ2n) is 3.92. The van der Waals surface area contributed by atoms with Gasteiger partial charge < -0.3 is 19.7 Å². The van der Waals surface area contributed by atoms with E-state index in [1.807, 2.05) is 11.8 Å². The van der Waals surface area contributed by atoms with Crippen LogP contribution in [0.5, 0.6) is 0 Å². The number of hydrogen-bond acceptors (Lipinski definition) is 5. The van der Waals surface area contributed by atoms with Crippen molar-refractivity contribution in [3.05, 3.63) is 0 Å². The minimum Gasteiger partial charge on any atom is -0.480 e. The van der Waals surface area contributed by atoms with Crippen molar-refractivity contribution >= 4 is 23.7 Å². The average Bonchev–Trinajstić information content (AvgIpc) is 2.34. The number of ether oxygens (including phenoxy) is 2. The van der Waals surface area contributed by atoms with Crippen LogP contribution < -0.4 is 0 Å². The van der Waals surface area contributed by atoms with Gasteiger partial charge in [-0.3, -0.25) is 0 Å². The molecule has 2 N–H and O–H groups in total. The van der Waals surface area contributed by atoms with Gasteiger partial charge in [0.2, 0.25) is 0 Å². The van der Waals surface area contributed by atoms with Crippen molar-refractivity contribution in [2.45, 2.75) is 25.7 Å². The molecule has 0 aliphatic rings. The smallest absolute Gasteiger partial charge is 0.329 e. The van der Waals surface area contributed by atoms with Gasteiger partial charge >= 0.3 is 11.9 Å². The van der Waals surface area contributed by atoms with Gasteiger partial charge in [0.25, 0.3) is 0 Å². The average molecular weight is 294 g/mol. The molecule has 0 aromatic rings. The van der Waals surface area contributed by atoms with Gasteiger partial charge in [-0.2, -0.15) is 11.8 Å². The van der Waals surface area contributed by atoms with Gasteiger partial charge in [0.15, 0.2) is 0 Å². The van der Waals surface area contributed by atoms with E-state index in [2.05, 4.69) is 0 Å². The van der Waals surface area contributed by atoms with E-state index in [4.69, 9.17) is 19.7 Å². The maximum absolute atomic E-state index is 10.1. The minimum absolute atomic E-state index is 0.219. The Balaban J connectivity index is 2.99. The van der Waals surface area contributed by atoms with E-state index < -0.39 is 11.9 Å². The Kier molecular flexibility index (Phi) is 13.1. The lowest BCUT2D eigenvalue weighted by atomic mass is 10.3. The fourth-order valence-electron chi connectivity index (χ4n) is 1.24. The van der Waals surface area contributed by atoms with Crippen LogP contribution in [0.15, 0.2) is 0 Å². The Labute approximate surface area is 117 Å². The van der Waals surface area contributed by atoms with Crippen LogP contribution >= 0.6 is 11.8 Å². The van der Waals surface area contributed by atoms with E-state index in [1.54, 1.807) is 0 Å². The fourth-order valence-corrected chi connectivity index (χ4v) is 2.26. The summed E-state index contributed by atoms with van der Waals surface area (Å²) in [5.74, 6) is 0.206. The molecular weight excluding hydrogens is 272 g/mol. The molecule has 0 rings (SSSR count). The zero-order chi connectivity index (χ0) is 14.3. The Morgan fingerprint density at radius 2 is 1.21 bits per heavy atom.